The number of carbonyl (C=O) groups is 1. The molecule has 1 unspecified atom stereocenters. The summed E-state index contributed by atoms with van der Waals surface area (Å²) in [6.45, 7) is 4.92. The predicted octanol–water partition coefficient (Wildman–Crippen LogP) is 4.59. The Hall–Kier alpha value is -2.14. The van der Waals surface area contributed by atoms with Crippen molar-refractivity contribution in [2.75, 3.05) is 11.9 Å². The van der Waals surface area contributed by atoms with Crippen molar-refractivity contribution in [3.05, 3.63) is 46.7 Å². The molecule has 0 bridgehead atoms. The van der Waals surface area contributed by atoms with Crippen LogP contribution in [0.4, 0.5) is 11.6 Å². The molecule has 1 aromatic heterocycles. The minimum atomic E-state index is 0.0285. The Labute approximate surface area is 153 Å². The molecule has 2 heterocycles. The van der Waals surface area contributed by atoms with E-state index in [1.807, 2.05) is 30.0 Å². The molecule has 1 saturated heterocycles. The minimum Gasteiger partial charge on any atom is -0.336 e. The molecular formula is C19H23ClN4O. The van der Waals surface area contributed by atoms with Gasteiger partial charge in [0.05, 0.1) is 5.56 Å². The maximum absolute atomic E-state index is 12.7. The molecular weight excluding hydrogens is 336 g/mol. The lowest BCUT2D eigenvalue weighted by Crippen LogP contribution is -2.43. The summed E-state index contributed by atoms with van der Waals surface area (Å²) in [6.07, 6.45) is 7.54. The van der Waals surface area contributed by atoms with Crippen LogP contribution in [0.1, 0.15) is 48.5 Å². The third-order valence-corrected chi connectivity index (χ3v) is 4.93. The number of anilines is 2. The van der Waals surface area contributed by atoms with Crippen LogP contribution in [0.15, 0.2) is 30.6 Å². The molecule has 1 aromatic carbocycles. The average Bonchev–Trinajstić information content (AvgIpc) is 2.64. The molecule has 0 aliphatic carbocycles. The highest BCUT2D eigenvalue weighted by Crippen LogP contribution is 2.23. The van der Waals surface area contributed by atoms with E-state index >= 15 is 0 Å². The summed E-state index contributed by atoms with van der Waals surface area (Å²) in [5, 5.41) is 3.85. The molecule has 6 heteroatoms. The first-order chi connectivity index (χ1) is 12.1. The number of aromatic nitrogens is 2. The van der Waals surface area contributed by atoms with Crippen molar-refractivity contribution in [1.29, 1.82) is 0 Å². The van der Waals surface area contributed by atoms with Gasteiger partial charge in [-0.1, -0.05) is 18.5 Å². The second-order valence-electron chi connectivity index (χ2n) is 6.44. The van der Waals surface area contributed by atoms with Crippen LogP contribution in [0.5, 0.6) is 0 Å². The first-order valence-electron chi connectivity index (χ1n) is 8.74. The van der Waals surface area contributed by atoms with Gasteiger partial charge in [0.15, 0.2) is 0 Å². The number of hydrogen-bond donors (Lipinski definition) is 1. The number of aryl methyl sites for hydroxylation is 1. The fourth-order valence-electron chi connectivity index (χ4n) is 3.25. The van der Waals surface area contributed by atoms with E-state index in [2.05, 4.69) is 22.2 Å². The number of rotatable bonds is 4. The number of amides is 1. The normalized spacial score (nSPS) is 17.4. The Morgan fingerprint density at radius 2 is 2.08 bits per heavy atom. The molecule has 0 spiro atoms. The summed E-state index contributed by atoms with van der Waals surface area (Å²) in [6, 6.07) is 5.91. The van der Waals surface area contributed by atoms with Crippen LogP contribution in [0.2, 0.25) is 5.02 Å². The van der Waals surface area contributed by atoms with Gasteiger partial charge in [-0.15, -0.1) is 0 Å². The number of piperidine rings is 1. The zero-order valence-corrected chi connectivity index (χ0v) is 15.4. The van der Waals surface area contributed by atoms with Crippen molar-refractivity contribution in [3.8, 4) is 0 Å². The molecule has 25 heavy (non-hydrogen) atoms. The standard InChI is InChI=1S/C19H23ClN4O/c1-3-16-6-4-5-9-24(16)18(25)14-11-21-19(22-12-14)23-17-8-7-15(20)10-13(17)2/h7-8,10-12,16H,3-6,9H2,1-2H3,(H,21,22,23). The molecule has 1 aliphatic heterocycles. The monoisotopic (exact) mass is 358 g/mol. The Morgan fingerprint density at radius 1 is 1.32 bits per heavy atom. The Morgan fingerprint density at radius 3 is 2.76 bits per heavy atom. The summed E-state index contributed by atoms with van der Waals surface area (Å²) in [4.78, 5) is 23.3. The number of nitrogens with one attached hydrogen (secondary N) is 1. The number of hydrogen-bond acceptors (Lipinski definition) is 4. The smallest absolute Gasteiger partial charge is 0.257 e. The summed E-state index contributed by atoms with van der Waals surface area (Å²) in [5.41, 5.74) is 2.44. The molecule has 2 aromatic rings. The number of benzene rings is 1. The van der Waals surface area contributed by atoms with Crippen LogP contribution in [-0.4, -0.2) is 33.4 Å². The first kappa shape index (κ1) is 17.7. The zero-order chi connectivity index (χ0) is 17.8. The first-order valence-corrected chi connectivity index (χ1v) is 9.12. The van der Waals surface area contributed by atoms with Gasteiger partial charge in [-0.3, -0.25) is 4.79 Å². The van der Waals surface area contributed by atoms with Crippen LogP contribution in [0.25, 0.3) is 0 Å². The van der Waals surface area contributed by atoms with Gasteiger partial charge < -0.3 is 10.2 Å². The maximum Gasteiger partial charge on any atom is 0.257 e. The highest BCUT2D eigenvalue weighted by Gasteiger charge is 2.26. The molecule has 1 atom stereocenters. The van der Waals surface area contributed by atoms with Crippen molar-refractivity contribution in [2.24, 2.45) is 0 Å². The third kappa shape index (κ3) is 4.10. The quantitative estimate of drug-likeness (QED) is 0.868. The lowest BCUT2D eigenvalue weighted by atomic mass is 9.99. The van der Waals surface area contributed by atoms with Crippen LogP contribution in [0, 0.1) is 6.92 Å². The van der Waals surface area contributed by atoms with E-state index in [9.17, 15) is 4.79 Å². The Bertz CT molecular complexity index is 748. The van der Waals surface area contributed by atoms with E-state index in [0.717, 1.165) is 37.1 Å². The van der Waals surface area contributed by atoms with Gasteiger partial charge in [-0.25, -0.2) is 9.97 Å². The maximum atomic E-state index is 12.7. The fraction of sp³-hybridized carbons (Fsp3) is 0.421. The van der Waals surface area contributed by atoms with E-state index in [-0.39, 0.29) is 5.91 Å². The topological polar surface area (TPSA) is 58.1 Å². The molecule has 1 amide bonds. The van der Waals surface area contributed by atoms with Gasteiger partial charge in [-0.2, -0.15) is 0 Å². The van der Waals surface area contributed by atoms with Crippen molar-refractivity contribution < 1.29 is 4.79 Å². The second kappa shape index (κ2) is 7.83. The van der Waals surface area contributed by atoms with E-state index in [0.29, 0.717) is 22.6 Å². The number of nitrogens with zero attached hydrogens (tertiary/aromatic N) is 3. The largest absolute Gasteiger partial charge is 0.336 e. The van der Waals surface area contributed by atoms with Gasteiger partial charge in [-0.05, 0) is 56.4 Å². The zero-order valence-electron chi connectivity index (χ0n) is 14.6. The minimum absolute atomic E-state index is 0.0285. The second-order valence-corrected chi connectivity index (χ2v) is 6.87. The van der Waals surface area contributed by atoms with Crippen molar-refractivity contribution >= 4 is 29.1 Å². The van der Waals surface area contributed by atoms with Gasteiger partial charge in [0, 0.05) is 35.7 Å². The van der Waals surface area contributed by atoms with Crippen LogP contribution >= 0.6 is 11.6 Å². The summed E-state index contributed by atoms with van der Waals surface area (Å²) in [5.74, 6) is 0.494. The van der Waals surface area contributed by atoms with E-state index < -0.39 is 0 Å². The lowest BCUT2D eigenvalue weighted by Gasteiger charge is -2.35. The molecule has 3 rings (SSSR count). The van der Waals surface area contributed by atoms with E-state index in [1.54, 1.807) is 12.4 Å². The lowest BCUT2D eigenvalue weighted by molar-refractivity contribution is 0.0607. The third-order valence-electron chi connectivity index (χ3n) is 4.69. The molecule has 1 N–H and O–H groups in total. The van der Waals surface area contributed by atoms with E-state index in [4.69, 9.17) is 11.6 Å². The Kier molecular flexibility index (Phi) is 5.53. The van der Waals surface area contributed by atoms with Crippen LogP contribution in [-0.2, 0) is 0 Å². The SMILES string of the molecule is CCC1CCCCN1C(=O)c1cnc(Nc2ccc(Cl)cc2C)nc1. The van der Waals surface area contributed by atoms with Crippen molar-refractivity contribution in [2.45, 2.75) is 45.6 Å². The number of carbonyl (C=O) groups excluding carboxylic acids is 1. The number of halogens is 1. The summed E-state index contributed by atoms with van der Waals surface area (Å²) < 4.78 is 0. The molecule has 132 valence electrons. The molecule has 1 fully saturated rings. The van der Waals surface area contributed by atoms with Crippen molar-refractivity contribution in [3.63, 3.8) is 0 Å². The average molecular weight is 359 g/mol. The summed E-state index contributed by atoms with van der Waals surface area (Å²) >= 11 is 5.97. The predicted molar refractivity (Wildman–Crippen MR) is 100 cm³/mol. The van der Waals surface area contributed by atoms with Crippen LogP contribution in [0.3, 0.4) is 0 Å². The van der Waals surface area contributed by atoms with Gasteiger partial charge in [0.25, 0.3) is 5.91 Å². The van der Waals surface area contributed by atoms with Crippen LogP contribution < -0.4 is 5.32 Å². The Balaban J connectivity index is 1.72. The summed E-state index contributed by atoms with van der Waals surface area (Å²) in [7, 11) is 0. The molecule has 1 aliphatic rings. The highest BCUT2D eigenvalue weighted by atomic mass is 35.5. The van der Waals surface area contributed by atoms with Crippen molar-refractivity contribution in [1.82, 2.24) is 14.9 Å². The molecule has 5 nitrogen and oxygen atoms in total. The van der Waals surface area contributed by atoms with E-state index in [1.165, 1.54) is 6.42 Å². The molecule has 0 radical (unpaired) electrons. The highest BCUT2D eigenvalue weighted by molar-refractivity contribution is 6.30. The van der Waals surface area contributed by atoms with Gasteiger partial charge in [0.2, 0.25) is 5.95 Å². The molecule has 0 saturated carbocycles. The van der Waals surface area contributed by atoms with Gasteiger partial charge >= 0.3 is 0 Å². The number of likely N-dealkylation sites (tertiary alicyclic amines) is 1. The fourth-order valence-corrected chi connectivity index (χ4v) is 3.48. The van der Waals surface area contributed by atoms with Gasteiger partial charge in [0.1, 0.15) is 0 Å².